The van der Waals surface area contributed by atoms with Crippen LogP contribution in [0.5, 0.6) is 0 Å². The van der Waals surface area contributed by atoms with Crippen LogP contribution in [0.25, 0.3) is 0 Å². The topological polar surface area (TPSA) is 40.5 Å². The number of aryl methyl sites for hydroxylation is 1. The lowest BCUT2D eigenvalue weighted by Gasteiger charge is -2.06. The molecular weight excluding hydrogens is 196 g/mol. The molecule has 0 aliphatic rings. The van der Waals surface area contributed by atoms with Gasteiger partial charge in [0.05, 0.1) is 6.61 Å². The molecule has 0 saturated heterocycles. The predicted octanol–water partition coefficient (Wildman–Crippen LogP) is 1.96. The van der Waals surface area contributed by atoms with Gasteiger partial charge >= 0.3 is 0 Å². The lowest BCUT2D eigenvalue weighted by Crippen LogP contribution is -1.89. The van der Waals surface area contributed by atoms with Gasteiger partial charge in [-0.1, -0.05) is 12.1 Å². The quantitative estimate of drug-likeness (QED) is 0.579. The summed E-state index contributed by atoms with van der Waals surface area (Å²) in [6, 6.07) is 5.97. The van der Waals surface area contributed by atoms with Crippen molar-refractivity contribution in [1.29, 1.82) is 0 Å². The number of rotatable bonds is 5. The van der Waals surface area contributed by atoms with Crippen LogP contribution in [-0.4, -0.2) is 22.6 Å². The highest BCUT2D eigenvalue weighted by Crippen LogP contribution is 2.23. The first kappa shape index (κ1) is 11.6. The van der Waals surface area contributed by atoms with Gasteiger partial charge in [-0.2, -0.15) is 0 Å². The fraction of sp³-hybridized carbons (Fsp3) is 0.455. The number of aliphatic hydroxyl groups is 2. The van der Waals surface area contributed by atoms with Gasteiger partial charge in [0.25, 0.3) is 0 Å². The molecule has 2 nitrogen and oxygen atoms in total. The molecule has 0 heterocycles. The average Bonchev–Trinajstić information content (AvgIpc) is 2.20. The first-order chi connectivity index (χ1) is 6.77. The van der Waals surface area contributed by atoms with Crippen molar-refractivity contribution in [2.45, 2.75) is 24.8 Å². The highest BCUT2D eigenvalue weighted by atomic mass is 32.2. The van der Waals surface area contributed by atoms with Crippen molar-refractivity contribution in [2.24, 2.45) is 0 Å². The minimum atomic E-state index is 0.0996. The summed E-state index contributed by atoms with van der Waals surface area (Å²) >= 11 is 1.75. The van der Waals surface area contributed by atoms with E-state index in [1.54, 1.807) is 11.8 Å². The Morgan fingerprint density at radius 3 is 2.64 bits per heavy atom. The Morgan fingerprint density at radius 2 is 2.07 bits per heavy atom. The summed E-state index contributed by atoms with van der Waals surface area (Å²) in [6.45, 7) is 2.39. The number of benzene rings is 1. The van der Waals surface area contributed by atoms with Crippen LogP contribution >= 0.6 is 11.8 Å². The molecule has 78 valence electrons. The maximum atomic E-state index is 8.93. The van der Waals surface area contributed by atoms with E-state index in [9.17, 15) is 0 Å². The van der Waals surface area contributed by atoms with Crippen molar-refractivity contribution < 1.29 is 10.2 Å². The summed E-state index contributed by atoms with van der Waals surface area (Å²) in [5.74, 6) is 0.940. The van der Waals surface area contributed by atoms with E-state index in [-0.39, 0.29) is 13.2 Å². The maximum Gasteiger partial charge on any atom is 0.0681 e. The fourth-order valence-corrected chi connectivity index (χ4v) is 2.16. The first-order valence-electron chi connectivity index (χ1n) is 4.72. The Bertz CT molecular complexity index is 287. The normalized spacial score (nSPS) is 10.5. The Labute approximate surface area is 89.0 Å². The zero-order valence-corrected chi connectivity index (χ0v) is 9.18. The third-order valence-corrected chi connectivity index (χ3v) is 3.24. The highest BCUT2D eigenvalue weighted by Gasteiger charge is 1.99. The largest absolute Gasteiger partial charge is 0.396 e. The van der Waals surface area contributed by atoms with Crippen LogP contribution in [0.4, 0.5) is 0 Å². The molecule has 0 unspecified atom stereocenters. The molecule has 0 saturated carbocycles. The predicted molar refractivity (Wildman–Crippen MR) is 59.5 cm³/mol. The molecule has 1 rings (SSSR count). The van der Waals surface area contributed by atoms with Crippen molar-refractivity contribution in [1.82, 2.24) is 0 Å². The van der Waals surface area contributed by atoms with Crippen LogP contribution in [-0.2, 0) is 6.61 Å². The fourth-order valence-electron chi connectivity index (χ4n) is 1.22. The Morgan fingerprint density at radius 1 is 1.29 bits per heavy atom. The summed E-state index contributed by atoms with van der Waals surface area (Å²) in [6.07, 6.45) is 0.825. The molecule has 1 aromatic rings. The third-order valence-electron chi connectivity index (χ3n) is 1.98. The second kappa shape index (κ2) is 6.06. The molecule has 14 heavy (non-hydrogen) atoms. The van der Waals surface area contributed by atoms with E-state index in [0.717, 1.165) is 17.7 Å². The number of thioether (sulfide) groups is 1. The Balaban J connectivity index is 2.59. The molecule has 1 aromatic carbocycles. The lowest BCUT2D eigenvalue weighted by molar-refractivity contribution is 0.281. The minimum Gasteiger partial charge on any atom is -0.396 e. The van der Waals surface area contributed by atoms with E-state index >= 15 is 0 Å². The summed E-state index contributed by atoms with van der Waals surface area (Å²) in [5.41, 5.74) is 2.15. The van der Waals surface area contributed by atoms with Crippen LogP contribution in [0.2, 0.25) is 0 Å². The van der Waals surface area contributed by atoms with Gasteiger partial charge in [-0.05, 0) is 30.5 Å². The lowest BCUT2D eigenvalue weighted by atomic mass is 10.1. The van der Waals surface area contributed by atoms with Gasteiger partial charge in [-0.25, -0.2) is 0 Å². The number of hydrogen-bond donors (Lipinski definition) is 2. The SMILES string of the molecule is Cc1cc(CO)ccc1SCCCO. The van der Waals surface area contributed by atoms with E-state index in [1.165, 1.54) is 10.5 Å². The molecular formula is C11H16O2S. The highest BCUT2D eigenvalue weighted by molar-refractivity contribution is 7.99. The standard InChI is InChI=1S/C11H16O2S/c1-9-7-10(8-13)3-4-11(9)14-6-2-5-12/h3-4,7,12-13H,2,5-6,8H2,1H3. The van der Waals surface area contributed by atoms with Gasteiger partial charge in [-0.15, -0.1) is 11.8 Å². The third kappa shape index (κ3) is 3.33. The van der Waals surface area contributed by atoms with E-state index in [2.05, 4.69) is 0 Å². The first-order valence-corrected chi connectivity index (χ1v) is 5.70. The molecule has 3 heteroatoms. The van der Waals surface area contributed by atoms with Crippen molar-refractivity contribution in [3.63, 3.8) is 0 Å². The van der Waals surface area contributed by atoms with Crippen LogP contribution in [0, 0.1) is 6.92 Å². The molecule has 2 N–H and O–H groups in total. The van der Waals surface area contributed by atoms with Crippen molar-refractivity contribution in [3.05, 3.63) is 29.3 Å². The van der Waals surface area contributed by atoms with Crippen molar-refractivity contribution >= 4 is 11.8 Å². The Kier molecular flexibility index (Phi) is 5.01. The number of aliphatic hydroxyl groups excluding tert-OH is 2. The number of hydrogen-bond acceptors (Lipinski definition) is 3. The van der Waals surface area contributed by atoms with Crippen LogP contribution < -0.4 is 0 Å². The van der Waals surface area contributed by atoms with E-state index in [1.807, 2.05) is 25.1 Å². The molecule has 0 aliphatic heterocycles. The minimum absolute atomic E-state index is 0.0996. The zero-order valence-electron chi connectivity index (χ0n) is 8.36. The molecule has 0 fully saturated rings. The summed E-state index contributed by atoms with van der Waals surface area (Å²) in [7, 11) is 0. The van der Waals surface area contributed by atoms with Gasteiger partial charge in [-0.3, -0.25) is 0 Å². The Hall–Kier alpha value is -0.510. The van der Waals surface area contributed by atoms with Gasteiger partial charge in [0, 0.05) is 17.3 Å². The van der Waals surface area contributed by atoms with Crippen molar-refractivity contribution in [3.8, 4) is 0 Å². The van der Waals surface area contributed by atoms with Crippen LogP contribution in [0.15, 0.2) is 23.1 Å². The summed E-state index contributed by atoms with van der Waals surface area (Å²) in [5, 5.41) is 17.6. The molecule has 0 amide bonds. The zero-order chi connectivity index (χ0) is 10.4. The van der Waals surface area contributed by atoms with Crippen LogP contribution in [0.1, 0.15) is 17.5 Å². The maximum absolute atomic E-state index is 8.93. The van der Waals surface area contributed by atoms with E-state index < -0.39 is 0 Å². The van der Waals surface area contributed by atoms with Gasteiger partial charge in [0.15, 0.2) is 0 Å². The molecule has 0 aromatic heterocycles. The van der Waals surface area contributed by atoms with E-state index in [0.29, 0.717) is 0 Å². The van der Waals surface area contributed by atoms with Gasteiger partial charge < -0.3 is 10.2 Å². The molecule has 0 bridgehead atoms. The molecule has 0 radical (unpaired) electrons. The second-order valence-electron chi connectivity index (χ2n) is 3.18. The van der Waals surface area contributed by atoms with Crippen molar-refractivity contribution in [2.75, 3.05) is 12.4 Å². The van der Waals surface area contributed by atoms with E-state index in [4.69, 9.17) is 10.2 Å². The smallest absolute Gasteiger partial charge is 0.0681 e. The average molecular weight is 212 g/mol. The summed E-state index contributed by atoms with van der Waals surface area (Å²) in [4.78, 5) is 1.23. The van der Waals surface area contributed by atoms with Gasteiger partial charge in [0.2, 0.25) is 0 Å². The molecule has 0 aliphatic carbocycles. The molecule has 0 spiro atoms. The summed E-state index contributed by atoms with van der Waals surface area (Å²) < 4.78 is 0. The molecule has 0 atom stereocenters. The van der Waals surface area contributed by atoms with Gasteiger partial charge in [0.1, 0.15) is 0 Å². The second-order valence-corrected chi connectivity index (χ2v) is 4.32. The van der Waals surface area contributed by atoms with Crippen LogP contribution in [0.3, 0.4) is 0 Å². The monoisotopic (exact) mass is 212 g/mol.